The molecular formula is C16H28IN5O2. The number of rotatable bonds is 6. The number of guanidine groups is 1. The lowest BCUT2D eigenvalue weighted by Crippen LogP contribution is -2.38. The number of carbonyl (C=O) groups is 1. The van der Waals surface area contributed by atoms with Gasteiger partial charge in [0.1, 0.15) is 12.3 Å². The van der Waals surface area contributed by atoms with Crippen LogP contribution in [0.25, 0.3) is 0 Å². The molecule has 24 heavy (non-hydrogen) atoms. The second kappa shape index (κ2) is 9.24. The summed E-state index contributed by atoms with van der Waals surface area (Å²) >= 11 is 0. The van der Waals surface area contributed by atoms with Crippen molar-refractivity contribution in [3.63, 3.8) is 0 Å². The van der Waals surface area contributed by atoms with Gasteiger partial charge in [0, 0.05) is 18.0 Å². The van der Waals surface area contributed by atoms with Crippen LogP contribution in [0, 0.1) is 0 Å². The van der Waals surface area contributed by atoms with Crippen LogP contribution in [-0.4, -0.2) is 36.0 Å². The van der Waals surface area contributed by atoms with Gasteiger partial charge >= 0.3 is 0 Å². The second-order valence-electron chi connectivity index (χ2n) is 6.76. The molecule has 0 radical (unpaired) electrons. The number of nitrogens with one attached hydrogen (secondary N) is 3. The summed E-state index contributed by atoms with van der Waals surface area (Å²) in [6.45, 7) is 9.47. The lowest BCUT2D eigenvalue weighted by atomic mass is 9.94. The molecule has 1 aliphatic rings. The fraction of sp³-hybridized carbons (Fsp3) is 0.688. The van der Waals surface area contributed by atoms with Crippen molar-refractivity contribution >= 4 is 35.8 Å². The number of aromatic nitrogens is 1. The SMILES string of the molecule is CCNC(=NCC(=O)NC1CC1)NCc1ncc(C(C)(C)C)o1.I. The van der Waals surface area contributed by atoms with Gasteiger partial charge in [0.25, 0.3) is 0 Å². The summed E-state index contributed by atoms with van der Waals surface area (Å²) in [5.74, 6) is 1.98. The maximum absolute atomic E-state index is 11.7. The average molecular weight is 449 g/mol. The van der Waals surface area contributed by atoms with Crippen molar-refractivity contribution in [2.24, 2.45) is 4.99 Å². The third-order valence-corrected chi connectivity index (χ3v) is 3.37. The number of amides is 1. The van der Waals surface area contributed by atoms with Gasteiger partial charge in [0.15, 0.2) is 5.96 Å². The van der Waals surface area contributed by atoms with Crippen molar-refractivity contribution in [3.05, 3.63) is 17.8 Å². The van der Waals surface area contributed by atoms with Gasteiger partial charge in [0.05, 0.1) is 12.7 Å². The highest BCUT2D eigenvalue weighted by Gasteiger charge is 2.23. The molecule has 0 aliphatic heterocycles. The summed E-state index contributed by atoms with van der Waals surface area (Å²) in [4.78, 5) is 20.2. The summed E-state index contributed by atoms with van der Waals surface area (Å²) in [6.07, 6.45) is 3.91. The lowest BCUT2D eigenvalue weighted by molar-refractivity contribution is -0.119. The molecule has 0 spiro atoms. The molecule has 2 rings (SSSR count). The van der Waals surface area contributed by atoms with Gasteiger partial charge in [-0.2, -0.15) is 0 Å². The van der Waals surface area contributed by atoms with Crippen LogP contribution in [0.15, 0.2) is 15.6 Å². The summed E-state index contributed by atoms with van der Waals surface area (Å²) in [6, 6.07) is 0.358. The molecule has 0 unspecified atom stereocenters. The molecule has 1 fully saturated rings. The number of oxazole rings is 1. The van der Waals surface area contributed by atoms with Crippen LogP contribution in [0.5, 0.6) is 0 Å². The fourth-order valence-electron chi connectivity index (χ4n) is 1.89. The van der Waals surface area contributed by atoms with E-state index in [9.17, 15) is 4.79 Å². The van der Waals surface area contributed by atoms with E-state index >= 15 is 0 Å². The van der Waals surface area contributed by atoms with Crippen LogP contribution in [0.1, 0.15) is 52.2 Å². The van der Waals surface area contributed by atoms with Gasteiger partial charge in [-0.15, -0.1) is 24.0 Å². The molecule has 1 saturated carbocycles. The first kappa shape index (κ1) is 20.7. The van der Waals surface area contributed by atoms with Crippen LogP contribution >= 0.6 is 24.0 Å². The fourth-order valence-corrected chi connectivity index (χ4v) is 1.89. The molecule has 7 nitrogen and oxygen atoms in total. The zero-order chi connectivity index (χ0) is 16.9. The standard InChI is InChI=1S/C16H27N5O2.HI/c1-5-17-15(19-9-13(22)21-11-6-7-11)20-10-14-18-8-12(23-14)16(2,3)4;/h8,11H,5-7,9-10H2,1-4H3,(H,21,22)(H2,17,19,20);1H. The second-order valence-corrected chi connectivity index (χ2v) is 6.76. The molecule has 1 aromatic heterocycles. The smallest absolute Gasteiger partial charge is 0.242 e. The van der Waals surface area contributed by atoms with Crippen LogP contribution in [0.3, 0.4) is 0 Å². The highest BCUT2D eigenvalue weighted by atomic mass is 127. The van der Waals surface area contributed by atoms with E-state index in [1.54, 1.807) is 6.20 Å². The van der Waals surface area contributed by atoms with Crippen molar-refractivity contribution in [2.45, 2.75) is 58.5 Å². The molecule has 8 heteroatoms. The molecule has 0 atom stereocenters. The molecule has 136 valence electrons. The largest absolute Gasteiger partial charge is 0.443 e. The van der Waals surface area contributed by atoms with Crippen molar-refractivity contribution in [2.75, 3.05) is 13.1 Å². The van der Waals surface area contributed by atoms with E-state index in [0.29, 0.717) is 24.4 Å². The zero-order valence-corrected chi connectivity index (χ0v) is 17.1. The third kappa shape index (κ3) is 7.06. The van der Waals surface area contributed by atoms with Gasteiger partial charge < -0.3 is 20.4 Å². The van der Waals surface area contributed by atoms with Gasteiger partial charge in [0.2, 0.25) is 11.8 Å². The molecule has 1 heterocycles. The lowest BCUT2D eigenvalue weighted by Gasteiger charge is -2.13. The molecule has 1 aromatic rings. The predicted octanol–water partition coefficient (Wildman–Crippen LogP) is 1.92. The Hall–Kier alpha value is -1.32. The van der Waals surface area contributed by atoms with E-state index in [-0.39, 0.29) is 41.8 Å². The van der Waals surface area contributed by atoms with E-state index in [0.717, 1.165) is 25.1 Å². The minimum atomic E-state index is -0.0647. The number of hydrogen-bond donors (Lipinski definition) is 3. The van der Waals surface area contributed by atoms with Crippen LogP contribution in [-0.2, 0) is 16.8 Å². The first-order valence-electron chi connectivity index (χ1n) is 8.15. The van der Waals surface area contributed by atoms with Crippen molar-refractivity contribution < 1.29 is 9.21 Å². The summed E-state index contributed by atoms with van der Waals surface area (Å²) in [7, 11) is 0. The van der Waals surface area contributed by atoms with Crippen molar-refractivity contribution in [1.29, 1.82) is 0 Å². The molecule has 0 aromatic carbocycles. The molecule has 3 N–H and O–H groups in total. The number of carbonyl (C=O) groups excluding carboxylic acids is 1. The van der Waals surface area contributed by atoms with Crippen LogP contribution < -0.4 is 16.0 Å². The zero-order valence-electron chi connectivity index (χ0n) is 14.8. The quantitative estimate of drug-likeness (QED) is 0.351. The Morgan fingerprint density at radius 3 is 2.62 bits per heavy atom. The maximum atomic E-state index is 11.7. The van der Waals surface area contributed by atoms with E-state index < -0.39 is 0 Å². The Bertz CT molecular complexity index is 561. The monoisotopic (exact) mass is 449 g/mol. The van der Waals surface area contributed by atoms with E-state index in [1.165, 1.54) is 0 Å². The topological polar surface area (TPSA) is 91.5 Å². The molecule has 0 saturated heterocycles. The maximum Gasteiger partial charge on any atom is 0.242 e. The minimum Gasteiger partial charge on any atom is -0.443 e. The predicted molar refractivity (Wildman–Crippen MR) is 105 cm³/mol. The average Bonchev–Trinajstić information content (AvgIpc) is 3.14. The minimum absolute atomic E-state index is 0. The first-order chi connectivity index (χ1) is 10.9. The van der Waals surface area contributed by atoms with E-state index in [1.807, 2.05) is 6.92 Å². The Kier molecular flexibility index (Phi) is 7.98. The number of halogens is 1. The first-order valence-corrected chi connectivity index (χ1v) is 8.15. The Balaban J connectivity index is 0.00000288. The summed E-state index contributed by atoms with van der Waals surface area (Å²) in [5.41, 5.74) is -0.0647. The number of nitrogens with zero attached hydrogens (tertiary/aromatic N) is 2. The third-order valence-electron chi connectivity index (χ3n) is 3.37. The highest BCUT2D eigenvalue weighted by molar-refractivity contribution is 14.0. The van der Waals surface area contributed by atoms with E-state index in [4.69, 9.17) is 4.42 Å². The van der Waals surface area contributed by atoms with Gasteiger partial charge in [-0.1, -0.05) is 20.8 Å². The molecular weight excluding hydrogens is 421 g/mol. The van der Waals surface area contributed by atoms with E-state index in [2.05, 4.69) is 46.7 Å². The summed E-state index contributed by atoms with van der Waals surface area (Å²) < 4.78 is 5.73. The van der Waals surface area contributed by atoms with Gasteiger partial charge in [-0.05, 0) is 19.8 Å². The normalized spacial score (nSPS) is 14.8. The van der Waals surface area contributed by atoms with Crippen molar-refractivity contribution in [3.8, 4) is 0 Å². The molecule has 0 bridgehead atoms. The molecule has 1 aliphatic carbocycles. The highest BCUT2D eigenvalue weighted by Crippen LogP contribution is 2.22. The summed E-state index contributed by atoms with van der Waals surface area (Å²) in [5, 5.41) is 9.14. The Labute approximate surface area is 160 Å². The van der Waals surface area contributed by atoms with Gasteiger partial charge in [-0.3, -0.25) is 4.79 Å². The van der Waals surface area contributed by atoms with Gasteiger partial charge in [-0.25, -0.2) is 9.98 Å². The Morgan fingerprint density at radius 1 is 1.38 bits per heavy atom. The number of hydrogen-bond acceptors (Lipinski definition) is 4. The number of aliphatic imine (C=N–C) groups is 1. The van der Waals surface area contributed by atoms with Crippen molar-refractivity contribution in [1.82, 2.24) is 20.9 Å². The van der Waals surface area contributed by atoms with Crippen LogP contribution in [0.2, 0.25) is 0 Å². The Morgan fingerprint density at radius 2 is 2.08 bits per heavy atom. The molecule has 1 amide bonds. The van der Waals surface area contributed by atoms with Crippen LogP contribution in [0.4, 0.5) is 0 Å².